The van der Waals surface area contributed by atoms with Crippen LogP contribution in [0.5, 0.6) is 0 Å². The Morgan fingerprint density at radius 2 is 0.806 bits per heavy atom. The van der Waals surface area contributed by atoms with Crippen LogP contribution in [0.25, 0.3) is 0 Å². The Labute approximate surface area is 224 Å². The van der Waals surface area contributed by atoms with Crippen molar-refractivity contribution in [1.82, 2.24) is 0 Å². The molecule has 6 N–H and O–H groups in total. The maximum absolute atomic E-state index is 10.2. The van der Waals surface area contributed by atoms with Gasteiger partial charge in [0.25, 0.3) is 20.2 Å². The number of hydrogen-bond acceptors (Lipinski definition) is 6. The third-order valence-corrected chi connectivity index (χ3v) is 8.12. The second-order valence-corrected chi connectivity index (χ2v) is 13.3. The molecule has 0 aromatic rings. The standard InChI is InChI=1S/2C10H23N.C6H14O6S2/c2*1-4-7-9-10(11,6-3)8-5-2;7-13(8,9)5-3-1-2-4-6-14(10,11)12/h2*4-9,11H2,1-3H3;1-6H2,(H,7,8,9)(H,10,11,12). The second kappa shape index (κ2) is 22.7. The Morgan fingerprint density at radius 1 is 0.500 bits per heavy atom. The van der Waals surface area contributed by atoms with Crippen LogP contribution in [-0.2, 0) is 20.2 Å². The smallest absolute Gasteiger partial charge is 0.264 e. The highest BCUT2D eigenvalue weighted by atomic mass is 32.2. The third kappa shape index (κ3) is 30.0. The number of unbranched alkanes of at least 4 members (excludes halogenated alkanes) is 5. The molecule has 2 unspecified atom stereocenters. The van der Waals surface area contributed by atoms with E-state index >= 15 is 0 Å². The van der Waals surface area contributed by atoms with Crippen LogP contribution in [0, 0.1) is 0 Å². The van der Waals surface area contributed by atoms with Gasteiger partial charge in [-0.2, -0.15) is 16.8 Å². The number of nitrogens with two attached hydrogens (primary N) is 2. The molecular weight excluding hydrogens is 500 g/mol. The Hall–Kier alpha value is -0.260. The Bertz CT molecular complexity index is 641. The Balaban J connectivity index is -0.000000459. The first-order valence-electron chi connectivity index (χ1n) is 14.1. The molecule has 0 aliphatic carbocycles. The van der Waals surface area contributed by atoms with Crippen LogP contribution in [0.3, 0.4) is 0 Å². The summed E-state index contributed by atoms with van der Waals surface area (Å²) in [6, 6.07) is 0. The zero-order valence-electron chi connectivity index (χ0n) is 24.2. The predicted molar refractivity (Wildman–Crippen MR) is 155 cm³/mol. The molecule has 0 aromatic heterocycles. The van der Waals surface area contributed by atoms with Crippen LogP contribution in [0.4, 0.5) is 0 Å². The molecule has 0 heterocycles. The van der Waals surface area contributed by atoms with Crippen molar-refractivity contribution in [2.75, 3.05) is 11.5 Å². The third-order valence-electron chi connectivity index (χ3n) is 6.52. The first-order chi connectivity index (χ1) is 16.6. The van der Waals surface area contributed by atoms with E-state index < -0.39 is 20.2 Å². The van der Waals surface area contributed by atoms with Crippen LogP contribution in [0.15, 0.2) is 0 Å². The molecule has 0 saturated carbocycles. The molecule has 0 spiro atoms. The van der Waals surface area contributed by atoms with E-state index in [1.54, 1.807) is 0 Å². The quantitative estimate of drug-likeness (QED) is 0.103. The first kappa shape index (κ1) is 40.2. The molecule has 0 radical (unpaired) electrons. The number of rotatable bonds is 19. The summed E-state index contributed by atoms with van der Waals surface area (Å²) in [5.41, 5.74) is 12.7. The van der Waals surface area contributed by atoms with Gasteiger partial charge in [-0.15, -0.1) is 0 Å². The van der Waals surface area contributed by atoms with Crippen molar-refractivity contribution in [2.24, 2.45) is 11.5 Å². The van der Waals surface area contributed by atoms with Gasteiger partial charge in [-0.3, -0.25) is 9.11 Å². The van der Waals surface area contributed by atoms with Crippen molar-refractivity contribution in [3.63, 3.8) is 0 Å². The summed E-state index contributed by atoms with van der Waals surface area (Å²) in [6.07, 6.45) is 16.2. The van der Waals surface area contributed by atoms with Crippen molar-refractivity contribution in [3.05, 3.63) is 0 Å². The van der Waals surface area contributed by atoms with Crippen LogP contribution in [0.2, 0.25) is 0 Å². The average molecular weight is 561 g/mol. The minimum absolute atomic E-state index is 0.144. The van der Waals surface area contributed by atoms with Gasteiger partial charge in [-0.1, -0.05) is 92.9 Å². The normalized spacial score (nSPS) is 15.1. The maximum Gasteiger partial charge on any atom is 0.264 e. The van der Waals surface area contributed by atoms with E-state index in [9.17, 15) is 16.8 Å². The zero-order valence-corrected chi connectivity index (χ0v) is 25.9. The van der Waals surface area contributed by atoms with Gasteiger partial charge < -0.3 is 11.5 Å². The van der Waals surface area contributed by atoms with Crippen LogP contribution < -0.4 is 11.5 Å². The first-order valence-corrected chi connectivity index (χ1v) is 17.3. The Morgan fingerprint density at radius 3 is 1.00 bits per heavy atom. The monoisotopic (exact) mass is 560 g/mol. The summed E-state index contributed by atoms with van der Waals surface area (Å²) < 4.78 is 57.7. The van der Waals surface area contributed by atoms with E-state index in [0.29, 0.717) is 25.7 Å². The summed E-state index contributed by atoms with van der Waals surface area (Å²) in [5, 5.41) is 0. The largest absolute Gasteiger partial charge is 0.325 e. The van der Waals surface area contributed by atoms with E-state index in [0.717, 1.165) is 12.8 Å². The molecule has 8 nitrogen and oxygen atoms in total. The van der Waals surface area contributed by atoms with Crippen LogP contribution in [0.1, 0.15) is 144 Å². The van der Waals surface area contributed by atoms with Gasteiger partial charge in [-0.25, -0.2) is 0 Å². The summed E-state index contributed by atoms with van der Waals surface area (Å²) in [5.74, 6) is -0.613. The van der Waals surface area contributed by atoms with Crippen molar-refractivity contribution in [1.29, 1.82) is 0 Å². The number of hydrogen-bond donors (Lipinski definition) is 4. The van der Waals surface area contributed by atoms with Gasteiger partial charge in [0.15, 0.2) is 0 Å². The van der Waals surface area contributed by atoms with E-state index in [1.807, 2.05) is 0 Å². The summed E-state index contributed by atoms with van der Waals surface area (Å²) in [4.78, 5) is 0. The van der Waals surface area contributed by atoms with Gasteiger partial charge in [0.05, 0.1) is 11.5 Å². The van der Waals surface area contributed by atoms with Crippen molar-refractivity contribution >= 4 is 20.2 Å². The maximum atomic E-state index is 10.2. The van der Waals surface area contributed by atoms with Crippen molar-refractivity contribution < 1.29 is 25.9 Å². The van der Waals surface area contributed by atoms with E-state index in [1.165, 1.54) is 64.2 Å². The highest BCUT2D eigenvalue weighted by molar-refractivity contribution is 7.86. The molecule has 0 bridgehead atoms. The van der Waals surface area contributed by atoms with Gasteiger partial charge in [0, 0.05) is 11.1 Å². The SMILES string of the molecule is CCCCC(N)(CC)CCC.CCCCC(N)(CC)CCC.O=S(=O)(O)CCCCCCS(=O)(=O)O. The molecule has 36 heavy (non-hydrogen) atoms. The zero-order chi connectivity index (χ0) is 28.7. The van der Waals surface area contributed by atoms with E-state index in [-0.39, 0.29) is 22.6 Å². The molecular formula is C26H60N2O6S2. The highest BCUT2D eigenvalue weighted by Gasteiger charge is 2.20. The minimum atomic E-state index is -3.91. The van der Waals surface area contributed by atoms with E-state index in [2.05, 4.69) is 41.5 Å². The van der Waals surface area contributed by atoms with E-state index in [4.69, 9.17) is 20.6 Å². The lowest BCUT2D eigenvalue weighted by molar-refractivity contribution is 0.339. The Kier molecular flexibility index (Phi) is 25.4. The lowest BCUT2D eigenvalue weighted by Gasteiger charge is -2.27. The molecule has 0 saturated heterocycles. The fraction of sp³-hybridized carbons (Fsp3) is 1.00. The van der Waals surface area contributed by atoms with Gasteiger partial charge >= 0.3 is 0 Å². The molecule has 2 atom stereocenters. The molecule has 0 fully saturated rings. The molecule has 222 valence electrons. The summed E-state index contributed by atoms with van der Waals surface area (Å²) >= 11 is 0. The highest BCUT2D eigenvalue weighted by Crippen LogP contribution is 2.21. The molecule has 0 aliphatic rings. The predicted octanol–water partition coefficient (Wildman–Crippen LogP) is 6.49. The molecule has 0 amide bonds. The average Bonchev–Trinajstić information content (AvgIpc) is 2.78. The van der Waals surface area contributed by atoms with Gasteiger partial charge in [0.1, 0.15) is 0 Å². The molecule has 0 aliphatic heterocycles. The lowest BCUT2D eigenvalue weighted by atomic mass is 9.87. The second-order valence-electron chi connectivity index (χ2n) is 10.1. The molecule has 0 aromatic carbocycles. The van der Waals surface area contributed by atoms with Crippen molar-refractivity contribution in [3.8, 4) is 0 Å². The fourth-order valence-electron chi connectivity index (χ4n) is 3.93. The topological polar surface area (TPSA) is 161 Å². The van der Waals surface area contributed by atoms with Gasteiger partial charge in [0.2, 0.25) is 0 Å². The lowest BCUT2D eigenvalue weighted by Crippen LogP contribution is -2.38. The fourth-order valence-corrected chi connectivity index (χ4v) is 5.07. The molecule has 0 rings (SSSR count). The van der Waals surface area contributed by atoms with Crippen LogP contribution >= 0.6 is 0 Å². The summed E-state index contributed by atoms with van der Waals surface area (Å²) in [7, 11) is -7.81. The minimum Gasteiger partial charge on any atom is -0.325 e. The van der Waals surface area contributed by atoms with Crippen molar-refractivity contribution in [2.45, 2.75) is 155 Å². The summed E-state index contributed by atoms with van der Waals surface area (Å²) in [6.45, 7) is 13.3. The van der Waals surface area contributed by atoms with Gasteiger partial charge in [-0.05, 0) is 51.4 Å². The molecule has 10 heteroatoms. The van der Waals surface area contributed by atoms with Crippen LogP contribution in [-0.4, -0.2) is 48.5 Å².